The molecule has 8 nitrogen and oxygen atoms in total. The summed E-state index contributed by atoms with van der Waals surface area (Å²) in [5.41, 5.74) is 7.42. The standard InChI is InChI=1S/C19H18N4O4/c1-11-16(14-6-2-3-7-21-14)13(10-22-11)19(26)23-15(17(24)18(20)25)9-12-5-4-8-27-12/h2-8,10,15,22H,9H2,1H3,(H2,20,25)(H,23,26). The molecule has 0 aliphatic heterocycles. The van der Waals surface area contributed by atoms with Crippen LogP contribution in [0.4, 0.5) is 0 Å². The van der Waals surface area contributed by atoms with Crippen LogP contribution < -0.4 is 11.1 Å². The number of carbonyl (C=O) groups is 3. The number of Topliss-reactive ketones (excluding diaryl/α,β-unsaturated/α-hetero) is 1. The number of rotatable bonds is 7. The van der Waals surface area contributed by atoms with Gasteiger partial charge in [-0.15, -0.1) is 0 Å². The Morgan fingerprint density at radius 2 is 2.07 bits per heavy atom. The van der Waals surface area contributed by atoms with Crippen molar-refractivity contribution in [2.75, 3.05) is 0 Å². The van der Waals surface area contributed by atoms with Crippen LogP contribution in [-0.2, 0) is 16.0 Å². The molecule has 0 bridgehead atoms. The van der Waals surface area contributed by atoms with Gasteiger partial charge in [0.25, 0.3) is 11.8 Å². The summed E-state index contributed by atoms with van der Waals surface area (Å²) in [5, 5.41) is 2.58. The van der Waals surface area contributed by atoms with Crippen LogP contribution in [-0.4, -0.2) is 33.6 Å². The van der Waals surface area contributed by atoms with Crippen molar-refractivity contribution in [3.8, 4) is 11.3 Å². The number of aromatic nitrogens is 2. The molecule has 0 aliphatic rings. The second-order valence-corrected chi connectivity index (χ2v) is 5.96. The highest BCUT2D eigenvalue weighted by Gasteiger charge is 2.28. The van der Waals surface area contributed by atoms with E-state index in [-0.39, 0.29) is 6.42 Å². The first-order chi connectivity index (χ1) is 13.0. The molecule has 0 radical (unpaired) electrons. The van der Waals surface area contributed by atoms with Gasteiger partial charge in [0.1, 0.15) is 11.8 Å². The van der Waals surface area contributed by atoms with Crippen molar-refractivity contribution in [1.29, 1.82) is 0 Å². The van der Waals surface area contributed by atoms with E-state index in [9.17, 15) is 14.4 Å². The smallest absolute Gasteiger partial charge is 0.287 e. The van der Waals surface area contributed by atoms with Gasteiger partial charge in [-0.05, 0) is 31.2 Å². The Labute approximate surface area is 154 Å². The minimum Gasteiger partial charge on any atom is -0.469 e. The molecule has 0 aromatic carbocycles. The van der Waals surface area contributed by atoms with Gasteiger partial charge in [0.2, 0.25) is 5.78 Å². The zero-order chi connectivity index (χ0) is 19.4. The molecule has 3 aromatic rings. The zero-order valence-corrected chi connectivity index (χ0v) is 14.6. The van der Waals surface area contributed by atoms with Crippen molar-refractivity contribution >= 4 is 17.6 Å². The van der Waals surface area contributed by atoms with Crippen LogP contribution >= 0.6 is 0 Å². The second-order valence-electron chi connectivity index (χ2n) is 5.96. The van der Waals surface area contributed by atoms with Gasteiger partial charge in [-0.2, -0.15) is 0 Å². The average molecular weight is 366 g/mol. The van der Waals surface area contributed by atoms with Crippen molar-refractivity contribution in [1.82, 2.24) is 15.3 Å². The molecule has 8 heteroatoms. The molecule has 2 amide bonds. The van der Waals surface area contributed by atoms with Crippen LogP contribution in [0, 0.1) is 6.92 Å². The summed E-state index contributed by atoms with van der Waals surface area (Å²) in [6.45, 7) is 1.82. The predicted octanol–water partition coefficient (Wildman–Crippen LogP) is 1.37. The Balaban J connectivity index is 1.88. The topological polar surface area (TPSA) is 131 Å². The summed E-state index contributed by atoms with van der Waals surface area (Å²) in [6.07, 6.45) is 4.62. The SMILES string of the molecule is Cc1[nH]cc(C(=O)NC(Cc2ccco2)C(=O)C(N)=O)c1-c1ccccn1. The molecule has 3 rings (SSSR count). The van der Waals surface area contributed by atoms with E-state index in [1.165, 1.54) is 12.5 Å². The van der Waals surface area contributed by atoms with E-state index in [4.69, 9.17) is 10.2 Å². The number of ketones is 1. The summed E-state index contributed by atoms with van der Waals surface area (Å²) in [4.78, 5) is 43.6. The Hall–Kier alpha value is -3.68. The van der Waals surface area contributed by atoms with E-state index >= 15 is 0 Å². The molecule has 4 N–H and O–H groups in total. The minimum absolute atomic E-state index is 0.0167. The van der Waals surface area contributed by atoms with Gasteiger partial charge in [-0.1, -0.05) is 6.07 Å². The van der Waals surface area contributed by atoms with Crippen LogP contribution in [0.2, 0.25) is 0 Å². The number of carbonyl (C=O) groups excluding carboxylic acids is 3. The maximum absolute atomic E-state index is 12.8. The number of nitrogens with two attached hydrogens (primary N) is 1. The number of nitrogens with one attached hydrogen (secondary N) is 2. The van der Waals surface area contributed by atoms with Crippen LogP contribution in [0.15, 0.2) is 53.4 Å². The van der Waals surface area contributed by atoms with Crippen molar-refractivity contribution < 1.29 is 18.8 Å². The summed E-state index contributed by atoms with van der Waals surface area (Å²) in [6, 6.07) is 7.53. The fourth-order valence-electron chi connectivity index (χ4n) is 2.79. The first-order valence-electron chi connectivity index (χ1n) is 8.23. The van der Waals surface area contributed by atoms with Gasteiger partial charge in [-0.25, -0.2) is 0 Å². The third-order valence-electron chi connectivity index (χ3n) is 4.09. The third kappa shape index (κ3) is 3.95. The first kappa shape index (κ1) is 18.1. The van der Waals surface area contributed by atoms with Gasteiger partial charge in [0.15, 0.2) is 0 Å². The number of nitrogens with zero attached hydrogens (tertiary/aromatic N) is 1. The monoisotopic (exact) mass is 366 g/mol. The Kier molecular flexibility index (Phi) is 5.16. The molecule has 1 atom stereocenters. The van der Waals surface area contributed by atoms with Gasteiger partial charge < -0.3 is 20.5 Å². The van der Waals surface area contributed by atoms with E-state index in [2.05, 4.69) is 15.3 Å². The van der Waals surface area contributed by atoms with E-state index < -0.39 is 23.6 Å². The lowest BCUT2D eigenvalue weighted by molar-refractivity contribution is -0.137. The summed E-state index contributed by atoms with van der Waals surface area (Å²) < 4.78 is 5.21. The number of amides is 2. The summed E-state index contributed by atoms with van der Waals surface area (Å²) >= 11 is 0. The fourth-order valence-corrected chi connectivity index (χ4v) is 2.79. The van der Waals surface area contributed by atoms with Gasteiger partial charge in [-0.3, -0.25) is 19.4 Å². The largest absolute Gasteiger partial charge is 0.469 e. The molecule has 27 heavy (non-hydrogen) atoms. The lowest BCUT2D eigenvalue weighted by atomic mass is 10.0. The highest BCUT2D eigenvalue weighted by molar-refractivity contribution is 6.38. The molecule has 0 saturated heterocycles. The first-order valence-corrected chi connectivity index (χ1v) is 8.23. The quantitative estimate of drug-likeness (QED) is 0.544. The molecule has 3 aromatic heterocycles. The molecular formula is C19H18N4O4. The molecule has 0 fully saturated rings. The Morgan fingerprint density at radius 1 is 1.26 bits per heavy atom. The van der Waals surface area contributed by atoms with Crippen LogP contribution in [0.5, 0.6) is 0 Å². The van der Waals surface area contributed by atoms with E-state index in [0.717, 1.165) is 5.69 Å². The Morgan fingerprint density at radius 3 is 2.70 bits per heavy atom. The zero-order valence-electron chi connectivity index (χ0n) is 14.6. The number of hydrogen-bond donors (Lipinski definition) is 3. The maximum atomic E-state index is 12.8. The Bertz CT molecular complexity index is 961. The fraction of sp³-hybridized carbons (Fsp3) is 0.158. The number of pyridine rings is 1. The van der Waals surface area contributed by atoms with Crippen molar-refractivity contribution in [2.45, 2.75) is 19.4 Å². The van der Waals surface area contributed by atoms with Crippen molar-refractivity contribution in [3.63, 3.8) is 0 Å². The van der Waals surface area contributed by atoms with Crippen LogP contribution in [0.25, 0.3) is 11.3 Å². The van der Waals surface area contributed by atoms with Crippen LogP contribution in [0.1, 0.15) is 21.8 Å². The summed E-state index contributed by atoms with van der Waals surface area (Å²) in [5.74, 6) is -2.09. The summed E-state index contributed by atoms with van der Waals surface area (Å²) in [7, 11) is 0. The van der Waals surface area contributed by atoms with Gasteiger partial charge in [0.05, 0.1) is 17.5 Å². The molecule has 138 valence electrons. The highest BCUT2D eigenvalue weighted by atomic mass is 16.3. The molecule has 0 aliphatic carbocycles. The number of aryl methyl sites for hydroxylation is 1. The lowest BCUT2D eigenvalue weighted by Crippen LogP contribution is -2.47. The van der Waals surface area contributed by atoms with Gasteiger partial charge in [0, 0.05) is 30.1 Å². The van der Waals surface area contributed by atoms with E-state index in [0.29, 0.717) is 22.6 Å². The molecule has 0 spiro atoms. The number of hydrogen-bond acceptors (Lipinski definition) is 5. The maximum Gasteiger partial charge on any atom is 0.287 e. The molecule has 1 unspecified atom stereocenters. The number of primary amides is 1. The second kappa shape index (κ2) is 7.69. The van der Waals surface area contributed by atoms with Crippen LogP contribution in [0.3, 0.4) is 0 Å². The number of aromatic amines is 1. The van der Waals surface area contributed by atoms with Crippen molar-refractivity contribution in [2.24, 2.45) is 5.73 Å². The molecule has 0 saturated carbocycles. The normalized spacial score (nSPS) is 11.7. The number of furan rings is 1. The highest BCUT2D eigenvalue weighted by Crippen LogP contribution is 2.25. The number of H-pyrrole nitrogens is 1. The van der Waals surface area contributed by atoms with E-state index in [1.807, 2.05) is 13.0 Å². The third-order valence-corrected chi connectivity index (χ3v) is 4.09. The average Bonchev–Trinajstić information content (AvgIpc) is 3.30. The molecule has 3 heterocycles. The minimum atomic E-state index is -1.13. The van der Waals surface area contributed by atoms with Gasteiger partial charge >= 0.3 is 0 Å². The lowest BCUT2D eigenvalue weighted by Gasteiger charge is -2.15. The van der Waals surface area contributed by atoms with Crippen molar-refractivity contribution in [3.05, 3.63) is 66.0 Å². The predicted molar refractivity (Wildman–Crippen MR) is 96.6 cm³/mol. The molecular weight excluding hydrogens is 348 g/mol. The van der Waals surface area contributed by atoms with E-state index in [1.54, 1.807) is 30.5 Å².